The van der Waals surface area contributed by atoms with E-state index in [1.807, 2.05) is 77.1 Å². The van der Waals surface area contributed by atoms with Crippen LogP contribution in [0.3, 0.4) is 0 Å². The number of hydrogen-bond acceptors (Lipinski definition) is 12. The Morgan fingerprint density at radius 1 is 0.667 bits per heavy atom. The Hall–Kier alpha value is -6.70. The van der Waals surface area contributed by atoms with Gasteiger partial charge in [-0.3, -0.25) is 38.9 Å². The molecule has 81 heavy (non-hydrogen) atoms. The zero-order chi connectivity index (χ0) is 60.2. The van der Waals surface area contributed by atoms with Crippen LogP contribution in [-0.4, -0.2) is 177 Å². The van der Waals surface area contributed by atoms with Gasteiger partial charge in [-0.15, -0.1) is 0 Å². The minimum Gasteiger partial charge on any atom is -0.450 e. The first-order chi connectivity index (χ1) is 38.1. The lowest BCUT2D eigenvalue weighted by Gasteiger charge is -2.40. The van der Waals surface area contributed by atoms with E-state index in [0.717, 1.165) is 20.9 Å². The molecular formula is C62H90N8O11. The lowest BCUT2D eigenvalue weighted by atomic mass is 9.94. The summed E-state index contributed by atoms with van der Waals surface area (Å²) in [6, 6.07) is 16.6. The lowest BCUT2D eigenvalue weighted by molar-refractivity contribution is -0.177. The smallest absolute Gasteiger partial charge is 0.332 e. The zero-order valence-corrected chi connectivity index (χ0v) is 50.1. The number of aliphatic hydroxyl groups is 2. The van der Waals surface area contributed by atoms with Crippen molar-refractivity contribution in [2.24, 2.45) is 23.7 Å². The van der Waals surface area contributed by atoms with Crippen molar-refractivity contribution < 1.29 is 53.3 Å². The second-order valence-corrected chi connectivity index (χ2v) is 23.5. The highest BCUT2D eigenvalue weighted by atomic mass is 16.6. The van der Waals surface area contributed by atoms with E-state index in [0.29, 0.717) is 24.0 Å². The standard InChI is InChI=1S/C62H90N8O11/c1-15-39(6)49-59(77)68(13)50(44-28-21-18-22-29-44)55(73)64-46(32-37(3)4)57(75)69(14)52(62(9,10)80)61(79)81-51(40(7)16-2)60(78)66(11)41(8)53(71)63-47(34-42-25-19-17-20-26-42)56(74)67(12)48(35-43-27-23-24-38(5)33-43)58(76)70-31-30-45(36-70)54(72)65-49/h17-29,33,37,39-41,45-52,55,64,73,80H,15-16,30-32,34-36H2,1-14H3,(H,63,71)(H,65,72). The molecular weight excluding hydrogens is 1030 g/mol. The van der Waals surface area contributed by atoms with Crippen molar-refractivity contribution in [2.45, 2.75) is 168 Å². The number of fused-ring (bicyclic) bond motifs is 2. The molecule has 2 heterocycles. The normalized spacial score (nSPS) is 27.0. The number of rotatable bonds is 12. The van der Waals surface area contributed by atoms with E-state index < -0.39 is 125 Å². The van der Waals surface area contributed by atoms with Gasteiger partial charge in [-0.2, -0.15) is 0 Å². The number of carbonyl (C=O) groups excluding carboxylic acids is 8. The summed E-state index contributed by atoms with van der Waals surface area (Å²) in [5, 5.41) is 33.1. The SMILES string of the molecule is CCC(C)C1NC(=O)C2CCN(C2)C(=O)C(Cc2cccc(C)c2)N(C)C(=O)C(Cc2ccccc2)NC(=O)C(C)N(C)C(=O)C(C(C)CC)OC(=O)C(C(C)(C)O)N(C)C(=O)C(CC(C)C)NC(O)C(c2ccccc2)N(C)C1=O. The van der Waals surface area contributed by atoms with Crippen LogP contribution in [0.15, 0.2) is 84.9 Å². The van der Waals surface area contributed by atoms with Crippen LogP contribution in [0.25, 0.3) is 0 Å². The van der Waals surface area contributed by atoms with Crippen LogP contribution >= 0.6 is 0 Å². The molecule has 0 saturated carbocycles. The molecule has 444 valence electrons. The third-order valence-corrected chi connectivity index (χ3v) is 16.3. The predicted molar refractivity (Wildman–Crippen MR) is 308 cm³/mol. The number of likely N-dealkylation sites (N-methyl/N-ethyl adjacent to an activating group) is 4. The summed E-state index contributed by atoms with van der Waals surface area (Å²) >= 11 is 0. The summed E-state index contributed by atoms with van der Waals surface area (Å²) in [5.74, 6) is -7.23. The van der Waals surface area contributed by atoms with Crippen molar-refractivity contribution in [3.63, 3.8) is 0 Å². The van der Waals surface area contributed by atoms with Crippen LogP contribution < -0.4 is 16.0 Å². The van der Waals surface area contributed by atoms with E-state index in [2.05, 4.69) is 16.0 Å². The van der Waals surface area contributed by atoms with Crippen LogP contribution in [0.2, 0.25) is 0 Å². The molecule has 12 unspecified atom stereocenters. The zero-order valence-electron chi connectivity index (χ0n) is 50.1. The van der Waals surface area contributed by atoms with E-state index in [-0.39, 0.29) is 44.7 Å². The molecule has 0 aliphatic carbocycles. The van der Waals surface area contributed by atoms with Gasteiger partial charge >= 0.3 is 5.97 Å². The van der Waals surface area contributed by atoms with Crippen molar-refractivity contribution in [3.05, 3.63) is 107 Å². The second kappa shape index (κ2) is 28.8. The summed E-state index contributed by atoms with van der Waals surface area (Å²) in [6.45, 7) is 17.2. The van der Waals surface area contributed by atoms with Gasteiger partial charge in [0.2, 0.25) is 35.4 Å². The van der Waals surface area contributed by atoms with Crippen LogP contribution in [-0.2, 0) is 55.9 Å². The van der Waals surface area contributed by atoms with E-state index in [1.54, 1.807) is 61.2 Å². The van der Waals surface area contributed by atoms with Crippen LogP contribution in [0.5, 0.6) is 0 Å². The highest BCUT2D eigenvalue weighted by Gasteiger charge is 2.47. The monoisotopic (exact) mass is 1120 g/mol. The number of nitrogens with one attached hydrogen (secondary N) is 3. The molecule has 2 bridgehead atoms. The highest BCUT2D eigenvalue weighted by Crippen LogP contribution is 2.29. The molecule has 19 nitrogen and oxygen atoms in total. The third-order valence-electron chi connectivity index (χ3n) is 16.3. The number of aryl methyl sites for hydroxylation is 1. The van der Waals surface area contributed by atoms with Crippen molar-refractivity contribution >= 4 is 47.3 Å². The molecule has 19 heteroatoms. The molecule has 2 saturated heterocycles. The maximum absolute atomic E-state index is 15.1. The van der Waals surface area contributed by atoms with E-state index in [9.17, 15) is 34.2 Å². The lowest BCUT2D eigenvalue weighted by Crippen LogP contribution is -2.62. The molecule has 0 spiro atoms. The minimum atomic E-state index is -1.96. The van der Waals surface area contributed by atoms with Gasteiger partial charge in [0, 0.05) is 60.0 Å². The molecule has 2 fully saturated rings. The first-order valence-corrected chi connectivity index (χ1v) is 28.6. The van der Waals surface area contributed by atoms with Gasteiger partial charge in [0.25, 0.3) is 5.91 Å². The predicted octanol–water partition coefficient (Wildman–Crippen LogP) is 4.41. The Morgan fingerprint density at radius 2 is 1.26 bits per heavy atom. The Balaban J connectivity index is 1.66. The van der Waals surface area contributed by atoms with Crippen molar-refractivity contribution in [1.82, 2.24) is 40.4 Å². The summed E-state index contributed by atoms with van der Waals surface area (Å²) in [6.07, 6.45) is -1.82. The van der Waals surface area contributed by atoms with Crippen LogP contribution in [0.1, 0.15) is 116 Å². The summed E-state index contributed by atoms with van der Waals surface area (Å²) in [4.78, 5) is 125. The molecule has 5 N–H and O–H groups in total. The molecule has 12 atom stereocenters. The maximum atomic E-state index is 15.1. The molecule has 3 aromatic carbocycles. The summed E-state index contributed by atoms with van der Waals surface area (Å²) in [7, 11) is 5.73. The Labute approximate surface area is 479 Å². The quantitative estimate of drug-likeness (QED) is 0.159. The largest absolute Gasteiger partial charge is 0.450 e. The van der Waals surface area contributed by atoms with Gasteiger partial charge < -0.3 is 50.1 Å². The van der Waals surface area contributed by atoms with E-state index in [1.165, 1.54) is 58.8 Å². The Bertz CT molecular complexity index is 2650. The number of benzene rings is 3. The summed E-state index contributed by atoms with van der Waals surface area (Å²) in [5.41, 5.74) is 0.953. The fourth-order valence-corrected chi connectivity index (χ4v) is 10.8. The van der Waals surface area contributed by atoms with E-state index >= 15 is 14.4 Å². The Kier molecular flexibility index (Phi) is 23.2. The van der Waals surface area contributed by atoms with Gasteiger partial charge in [0.1, 0.15) is 30.4 Å². The molecule has 7 amide bonds. The third kappa shape index (κ3) is 16.5. The average molecular weight is 1120 g/mol. The molecule has 2 aliphatic heterocycles. The topological polar surface area (TPSA) is 239 Å². The van der Waals surface area contributed by atoms with Gasteiger partial charge in [0.15, 0.2) is 12.1 Å². The first-order valence-electron chi connectivity index (χ1n) is 28.6. The molecule has 2 aliphatic rings. The number of cyclic esters (lactones) is 1. The number of carbonyl (C=O) groups is 8. The molecule has 0 radical (unpaired) electrons. The summed E-state index contributed by atoms with van der Waals surface area (Å²) < 4.78 is 6.06. The fraction of sp³-hybridized carbons (Fsp3) is 0.581. The van der Waals surface area contributed by atoms with Crippen LogP contribution in [0.4, 0.5) is 0 Å². The number of aliphatic hydroxyl groups excluding tert-OH is 1. The van der Waals surface area contributed by atoms with Gasteiger partial charge in [-0.1, -0.05) is 138 Å². The van der Waals surface area contributed by atoms with Crippen molar-refractivity contribution in [2.75, 3.05) is 41.3 Å². The number of esters is 1. The van der Waals surface area contributed by atoms with Crippen molar-refractivity contribution in [1.29, 1.82) is 0 Å². The highest BCUT2D eigenvalue weighted by molar-refractivity contribution is 5.96. The minimum absolute atomic E-state index is 0.00735. The van der Waals surface area contributed by atoms with Crippen molar-refractivity contribution in [3.8, 4) is 0 Å². The number of hydrogen-bond donors (Lipinski definition) is 5. The van der Waals surface area contributed by atoms with E-state index in [4.69, 9.17) is 4.74 Å². The molecule has 3 aromatic rings. The second-order valence-electron chi connectivity index (χ2n) is 23.5. The van der Waals surface area contributed by atoms with Gasteiger partial charge in [0.05, 0.1) is 23.6 Å². The Morgan fingerprint density at radius 3 is 1.84 bits per heavy atom. The molecule has 0 aromatic heterocycles. The number of amides is 7. The molecule has 5 rings (SSSR count). The van der Waals surface area contributed by atoms with Gasteiger partial charge in [-0.05, 0) is 75.5 Å². The number of ether oxygens (including phenoxy) is 1. The van der Waals surface area contributed by atoms with Crippen LogP contribution in [0, 0.1) is 30.6 Å². The van der Waals surface area contributed by atoms with Gasteiger partial charge in [-0.25, -0.2) is 4.79 Å². The number of nitrogens with zero attached hydrogens (tertiary/aromatic N) is 5. The fourth-order valence-electron chi connectivity index (χ4n) is 10.8. The average Bonchev–Trinajstić information content (AvgIpc) is 3.94. The maximum Gasteiger partial charge on any atom is 0.332 e. The first kappa shape index (κ1) is 65.1.